The van der Waals surface area contributed by atoms with Crippen molar-refractivity contribution in [3.63, 3.8) is 0 Å². The molecule has 36 heavy (non-hydrogen) atoms. The van der Waals surface area contributed by atoms with Crippen molar-refractivity contribution in [3.05, 3.63) is 106 Å². The highest BCUT2D eigenvalue weighted by molar-refractivity contribution is 9.10. The second kappa shape index (κ2) is 12.5. The van der Waals surface area contributed by atoms with Crippen molar-refractivity contribution in [3.8, 4) is 5.88 Å². The monoisotopic (exact) mass is 546 g/mol. The van der Waals surface area contributed by atoms with Crippen LogP contribution >= 0.6 is 15.9 Å². The Kier molecular flexibility index (Phi) is 9.13. The zero-order valence-corrected chi connectivity index (χ0v) is 22.7. The highest BCUT2D eigenvalue weighted by Crippen LogP contribution is 2.45. The lowest BCUT2D eigenvalue weighted by atomic mass is 9.72. The summed E-state index contributed by atoms with van der Waals surface area (Å²) >= 11 is 3.60. The molecule has 2 atom stereocenters. The van der Waals surface area contributed by atoms with E-state index in [1.165, 1.54) is 5.56 Å². The van der Waals surface area contributed by atoms with E-state index in [1.807, 2.05) is 43.4 Å². The van der Waals surface area contributed by atoms with Crippen molar-refractivity contribution in [1.29, 1.82) is 0 Å². The molecular weight excluding hydrogens is 512 g/mol. The molecule has 0 saturated heterocycles. The quantitative estimate of drug-likeness (QED) is 0.190. The van der Waals surface area contributed by atoms with Crippen LogP contribution in [0.4, 0.5) is 0 Å². The lowest BCUT2D eigenvalue weighted by Crippen LogP contribution is -2.38. The summed E-state index contributed by atoms with van der Waals surface area (Å²) in [7, 11) is 3.63. The van der Waals surface area contributed by atoms with Gasteiger partial charge < -0.3 is 15.2 Å². The fourth-order valence-electron chi connectivity index (χ4n) is 5.09. The first kappa shape index (κ1) is 26.3. The smallest absolute Gasteiger partial charge is 0.217 e. The van der Waals surface area contributed by atoms with Crippen LogP contribution in [0.15, 0.2) is 89.4 Å². The van der Waals surface area contributed by atoms with E-state index < -0.39 is 5.60 Å². The number of nitrogens with zero attached hydrogens (tertiary/aromatic N) is 1. The van der Waals surface area contributed by atoms with E-state index in [1.54, 1.807) is 7.11 Å². The van der Waals surface area contributed by atoms with Crippen LogP contribution in [0.3, 0.4) is 0 Å². The van der Waals surface area contributed by atoms with Gasteiger partial charge in [-0.25, -0.2) is 4.98 Å². The van der Waals surface area contributed by atoms with Gasteiger partial charge in [0.25, 0.3) is 0 Å². The number of aromatic nitrogens is 1. The second-order valence-electron chi connectivity index (χ2n) is 9.42. The molecule has 5 heteroatoms. The zero-order chi connectivity index (χ0) is 25.4. The molecule has 0 aliphatic carbocycles. The number of fused-ring (bicyclic) bond motifs is 1. The summed E-state index contributed by atoms with van der Waals surface area (Å²) in [5.41, 5.74) is 3.09. The maximum absolute atomic E-state index is 12.6. The number of aryl methyl sites for hydroxylation is 1. The summed E-state index contributed by atoms with van der Waals surface area (Å²) in [4.78, 5) is 4.86. The van der Waals surface area contributed by atoms with Gasteiger partial charge in [-0.2, -0.15) is 0 Å². The lowest BCUT2D eigenvalue weighted by molar-refractivity contribution is 0.00395. The van der Waals surface area contributed by atoms with E-state index in [2.05, 4.69) is 69.8 Å². The number of hydrogen-bond acceptors (Lipinski definition) is 4. The molecule has 3 aromatic carbocycles. The predicted octanol–water partition coefficient (Wildman–Crippen LogP) is 6.89. The van der Waals surface area contributed by atoms with Gasteiger partial charge in [0.15, 0.2) is 0 Å². The van der Waals surface area contributed by atoms with Crippen LogP contribution in [0.1, 0.15) is 48.3 Å². The van der Waals surface area contributed by atoms with Gasteiger partial charge in [-0.15, -0.1) is 0 Å². The largest absolute Gasteiger partial charge is 0.481 e. The van der Waals surface area contributed by atoms with Crippen LogP contribution in [0, 0.1) is 0 Å². The number of hydrogen-bond donors (Lipinski definition) is 2. The Morgan fingerprint density at radius 1 is 0.944 bits per heavy atom. The maximum Gasteiger partial charge on any atom is 0.217 e. The molecule has 0 bridgehead atoms. The summed E-state index contributed by atoms with van der Waals surface area (Å²) in [5, 5.41) is 16.8. The van der Waals surface area contributed by atoms with Crippen molar-refractivity contribution >= 4 is 26.8 Å². The molecule has 0 spiro atoms. The third kappa shape index (κ3) is 6.33. The molecule has 0 aliphatic rings. The number of halogens is 1. The van der Waals surface area contributed by atoms with E-state index in [0.717, 1.165) is 52.3 Å². The number of nitrogens with one attached hydrogen (secondary N) is 1. The molecule has 0 aliphatic heterocycles. The summed E-state index contributed by atoms with van der Waals surface area (Å²) in [6.45, 7) is 0.930. The molecule has 0 amide bonds. The number of pyridine rings is 1. The second-order valence-corrected chi connectivity index (χ2v) is 10.3. The van der Waals surface area contributed by atoms with Gasteiger partial charge in [0.05, 0.1) is 18.2 Å². The normalized spacial score (nSPS) is 13.9. The molecular formula is C31H35BrN2O2. The number of ether oxygens (including phenoxy) is 1. The predicted molar refractivity (Wildman–Crippen MR) is 152 cm³/mol. The fourth-order valence-corrected chi connectivity index (χ4v) is 5.47. The molecule has 188 valence electrons. The first-order valence-electron chi connectivity index (χ1n) is 12.6. The average Bonchev–Trinajstić information content (AvgIpc) is 2.91. The minimum absolute atomic E-state index is 0.289. The topological polar surface area (TPSA) is 54.4 Å². The summed E-state index contributed by atoms with van der Waals surface area (Å²) < 4.78 is 6.84. The van der Waals surface area contributed by atoms with Crippen molar-refractivity contribution in [1.82, 2.24) is 10.3 Å². The highest BCUT2D eigenvalue weighted by atomic mass is 79.9. The van der Waals surface area contributed by atoms with Crippen LogP contribution in [-0.4, -0.2) is 36.4 Å². The molecule has 0 saturated carbocycles. The van der Waals surface area contributed by atoms with Gasteiger partial charge in [0.1, 0.15) is 0 Å². The van der Waals surface area contributed by atoms with Crippen LogP contribution in [0.5, 0.6) is 5.88 Å². The first-order chi connectivity index (χ1) is 17.5. The average molecular weight is 548 g/mol. The van der Waals surface area contributed by atoms with Crippen LogP contribution in [-0.2, 0) is 6.42 Å². The van der Waals surface area contributed by atoms with Crippen LogP contribution in [0.2, 0.25) is 0 Å². The van der Waals surface area contributed by atoms with E-state index in [-0.39, 0.29) is 5.92 Å². The Bertz CT molecular complexity index is 1250. The van der Waals surface area contributed by atoms with Crippen molar-refractivity contribution < 1.29 is 9.84 Å². The number of aliphatic hydroxyl groups is 1. The molecule has 1 heterocycles. The standard InChI is InChI=1S/C31H35BrN2O2/c1-33-20-10-9-18-31(35,19-17-23-11-5-3-6-12-23)29(24-13-7-4-8-14-24)27-22-25-21-26(32)15-16-28(25)34-30(27)36-2/h3-8,11-16,21-22,29,33,35H,9-10,17-20H2,1-2H3/t29-,31?/m1/s1. The van der Waals surface area contributed by atoms with Gasteiger partial charge in [0, 0.05) is 21.3 Å². The summed E-state index contributed by atoms with van der Waals surface area (Å²) in [6.07, 6.45) is 4.04. The minimum Gasteiger partial charge on any atom is -0.481 e. The Hall–Kier alpha value is -2.73. The summed E-state index contributed by atoms with van der Waals surface area (Å²) in [6, 6.07) is 28.9. The summed E-state index contributed by atoms with van der Waals surface area (Å²) in [5.74, 6) is 0.273. The Morgan fingerprint density at radius 2 is 1.67 bits per heavy atom. The first-order valence-corrected chi connectivity index (χ1v) is 13.4. The van der Waals surface area contributed by atoms with E-state index in [0.29, 0.717) is 18.7 Å². The zero-order valence-electron chi connectivity index (χ0n) is 21.1. The van der Waals surface area contributed by atoms with Crippen molar-refractivity contribution in [2.24, 2.45) is 0 Å². The molecule has 4 nitrogen and oxygen atoms in total. The number of benzene rings is 3. The highest BCUT2D eigenvalue weighted by Gasteiger charge is 2.40. The van der Waals surface area contributed by atoms with Crippen molar-refractivity contribution in [2.75, 3.05) is 20.7 Å². The van der Waals surface area contributed by atoms with Crippen molar-refractivity contribution in [2.45, 2.75) is 43.6 Å². The van der Waals surface area contributed by atoms with E-state index in [9.17, 15) is 5.11 Å². The van der Waals surface area contributed by atoms with E-state index >= 15 is 0 Å². The number of rotatable bonds is 12. The Morgan fingerprint density at radius 3 is 2.36 bits per heavy atom. The fraction of sp³-hybridized carbons (Fsp3) is 0.323. The van der Waals surface area contributed by atoms with E-state index in [4.69, 9.17) is 9.72 Å². The lowest BCUT2D eigenvalue weighted by Gasteiger charge is -2.38. The van der Waals surface area contributed by atoms with Crippen LogP contribution < -0.4 is 10.1 Å². The number of methoxy groups -OCH3 is 1. The van der Waals surface area contributed by atoms with Gasteiger partial charge >= 0.3 is 0 Å². The maximum atomic E-state index is 12.6. The minimum atomic E-state index is -0.987. The third-order valence-electron chi connectivity index (χ3n) is 6.92. The Balaban J connectivity index is 1.83. The van der Waals surface area contributed by atoms with Gasteiger partial charge in [-0.3, -0.25) is 0 Å². The molecule has 2 N–H and O–H groups in total. The number of unbranched alkanes of at least 4 members (excludes halogenated alkanes) is 1. The molecule has 0 fully saturated rings. The van der Waals surface area contributed by atoms with Gasteiger partial charge in [-0.1, -0.05) is 76.6 Å². The van der Waals surface area contributed by atoms with Gasteiger partial charge in [0.2, 0.25) is 5.88 Å². The molecule has 1 unspecified atom stereocenters. The molecule has 1 aromatic heterocycles. The Labute approximate surface area is 222 Å². The molecule has 4 aromatic rings. The SMILES string of the molecule is CNCCCCC(O)(CCc1ccccc1)[C@H](c1ccccc1)c1cc2cc(Br)ccc2nc1OC. The van der Waals surface area contributed by atoms with Gasteiger partial charge in [-0.05, 0) is 81.1 Å². The molecule has 0 radical (unpaired) electrons. The molecule has 4 rings (SSSR count). The third-order valence-corrected chi connectivity index (χ3v) is 7.41. The van der Waals surface area contributed by atoms with Crippen LogP contribution in [0.25, 0.3) is 10.9 Å².